The lowest BCUT2D eigenvalue weighted by molar-refractivity contribution is -0.124. The lowest BCUT2D eigenvalue weighted by atomic mass is 9.95. The Balaban J connectivity index is 0.00000338. The molecule has 0 saturated carbocycles. The number of benzene rings is 1. The predicted molar refractivity (Wildman–Crippen MR) is 106 cm³/mol. The van der Waals surface area contributed by atoms with Crippen LogP contribution in [0.5, 0.6) is 5.75 Å². The monoisotopic (exact) mass is 404 g/mol. The van der Waals surface area contributed by atoms with E-state index in [-0.39, 0.29) is 19.0 Å². The predicted octanol–water partition coefficient (Wildman–Crippen LogP) is 1.99. The molecule has 0 atom stereocenters. The highest BCUT2D eigenvalue weighted by Gasteiger charge is 2.48. The summed E-state index contributed by atoms with van der Waals surface area (Å²) >= 11 is 0. The van der Waals surface area contributed by atoms with Crippen LogP contribution in [-0.4, -0.2) is 45.0 Å². The largest absolute Gasteiger partial charge is 0.493 e. The smallest absolute Gasteiger partial charge is 0.241 e. The molecule has 1 fully saturated rings. The lowest BCUT2D eigenvalue weighted by Crippen LogP contribution is -2.57. The lowest BCUT2D eigenvalue weighted by Gasteiger charge is -2.34. The van der Waals surface area contributed by atoms with E-state index >= 15 is 0 Å². The molecule has 6 nitrogen and oxygen atoms in total. The molecule has 1 aromatic carbocycles. The molecule has 1 aliphatic heterocycles. The maximum Gasteiger partial charge on any atom is 0.241 e. The quantitative estimate of drug-likeness (QED) is 0.726. The van der Waals surface area contributed by atoms with Crippen molar-refractivity contribution in [3.63, 3.8) is 0 Å². The Kier molecular flexibility index (Phi) is 8.37. The van der Waals surface area contributed by atoms with Crippen LogP contribution in [0.25, 0.3) is 0 Å². The summed E-state index contributed by atoms with van der Waals surface area (Å²) in [5.41, 5.74) is 1.93. The number of aryl methyl sites for hydroxylation is 1. The van der Waals surface area contributed by atoms with E-state index in [1.165, 1.54) is 0 Å². The highest BCUT2D eigenvalue weighted by atomic mass is 35.5. The van der Waals surface area contributed by atoms with Crippen molar-refractivity contribution >= 4 is 28.2 Å². The molecular formula is C18H29ClN2O4S. The molecule has 1 aliphatic rings. The first-order valence-corrected chi connectivity index (χ1v) is 10.6. The van der Waals surface area contributed by atoms with Crippen molar-refractivity contribution in [1.82, 2.24) is 10.6 Å². The molecule has 0 unspecified atom stereocenters. The number of carbonyl (C=O) groups is 1. The third kappa shape index (κ3) is 5.11. The Morgan fingerprint density at radius 3 is 2.54 bits per heavy atom. The van der Waals surface area contributed by atoms with E-state index in [0.29, 0.717) is 32.5 Å². The molecule has 0 aliphatic carbocycles. The van der Waals surface area contributed by atoms with Crippen molar-refractivity contribution in [2.75, 3.05) is 26.0 Å². The summed E-state index contributed by atoms with van der Waals surface area (Å²) in [6.45, 7) is 5.91. The Morgan fingerprint density at radius 2 is 1.96 bits per heavy atom. The minimum absolute atomic E-state index is 0. The number of sulfone groups is 1. The van der Waals surface area contributed by atoms with Gasteiger partial charge in [0.15, 0.2) is 14.6 Å². The molecule has 8 heteroatoms. The Bertz CT molecular complexity index is 716. The van der Waals surface area contributed by atoms with Crippen LogP contribution in [0.3, 0.4) is 0 Å². The zero-order valence-corrected chi connectivity index (χ0v) is 17.3. The van der Waals surface area contributed by atoms with Gasteiger partial charge in [-0.05, 0) is 50.9 Å². The van der Waals surface area contributed by atoms with Crippen LogP contribution in [0.1, 0.15) is 37.3 Å². The van der Waals surface area contributed by atoms with Gasteiger partial charge in [-0.2, -0.15) is 0 Å². The van der Waals surface area contributed by atoms with Gasteiger partial charge in [0.05, 0.1) is 6.61 Å². The van der Waals surface area contributed by atoms with Crippen LogP contribution in [-0.2, 0) is 21.2 Å². The summed E-state index contributed by atoms with van der Waals surface area (Å²) < 4.78 is 29.0. The molecule has 2 rings (SSSR count). The fourth-order valence-electron chi connectivity index (χ4n) is 3.09. The summed E-state index contributed by atoms with van der Waals surface area (Å²) in [6.07, 6.45) is 2.64. The van der Waals surface area contributed by atoms with Crippen molar-refractivity contribution in [3.05, 3.63) is 29.3 Å². The van der Waals surface area contributed by atoms with Gasteiger partial charge in [0.25, 0.3) is 0 Å². The minimum atomic E-state index is -3.51. The standard InChI is InChI=1S/C18H28N2O4S.ClH/c1-4-11-24-16-12-14(2)5-6-15(16)13-20-17(21)18(25(3,22)23)7-9-19-10-8-18;/h5-6,12,19H,4,7-11,13H2,1-3H3,(H,20,21);1H. The van der Waals surface area contributed by atoms with Crippen LogP contribution >= 0.6 is 12.4 Å². The third-order valence-electron chi connectivity index (χ3n) is 4.66. The van der Waals surface area contributed by atoms with Gasteiger partial charge in [-0.25, -0.2) is 8.42 Å². The van der Waals surface area contributed by atoms with Gasteiger partial charge in [-0.3, -0.25) is 4.79 Å². The molecule has 0 radical (unpaired) electrons. The summed E-state index contributed by atoms with van der Waals surface area (Å²) in [5, 5.41) is 5.94. The first-order chi connectivity index (χ1) is 11.8. The first kappa shape index (κ1) is 22.7. The van der Waals surface area contributed by atoms with Gasteiger partial charge < -0.3 is 15.4 Å². The van der Waals surface area contributed by atoms with Crippen LogP contribution in [0.15, 0.2) is 18.2 Å². The number of carbonyl (C=O) groups excluding carboxylic acids is 1. The van der Waals surface area contributed by atoms with Crippen LogP contribution < -0.4 is 15.4 Å². The Labute approximate surface area is 162 Å². The number of amides is 1. The highest BCUT2D eigenvalue weighted by molar-refractivity contribution is 7.92. The van der Waals surface area contributed by atoms with Crippen molar-refractivity contribution in [1.29, 1.82) is 0 Å². The summed E-state index contributed by atoms with van der Waals surface area (Å²) in [6, 6.07) is 5.81. The van der Waals surface area contributed by atoms with Gasteiger partial charge in [-0.1, -0.05) is 19.1 Å². The number of nitrogens with one attached hydrogen (secondary N) is 2. The van der Waals surface area contributed by atoms with Crippen molar-refractivity contribution in [2.45, 2.75) is 44.4 Å². The van der Waals surface area contributed by atoms with E-state index in [4.69, 9.17) is 4.74 Å². The van der Waals surface area contributed by atoms with Crippen molar-refractivity contribution in [3.8, 4) is 5.75 Å². The van der Waals surface area contributed by atoms with E-state index < -0.39 is 20.5 Å². The zero-order chi connectivity index (χ0) is 18.5. The second kappa shape index (κ2) is 9.58. The molecule has 1 saturated heterocycles. The molecule has 26 heavy (non-hydrogen) atoms. The highest BCUT2D eigenvalue weighted by Crippen LogP contribution is 2.28. The number of hydrogen-bond acceptors (Lipinski definition) is 5. The normalized spacial score (nSPS) is 16.4. The number of ether oxygens (including phenoxy) is 1. The van der Waals surface area contributed by atoms with E-state index in [0.717, 1.165) is 29.6 Å². The molecule has 1 aromatic rings. The van der Waals surface area contributed by atoms with Crippen LogP contribution in [0, 0.1) is 6.92 Å². The van der Waals surface area contributed by atoms with Gasteiger partial charge in [0.1, 0.15) is 5.75 Å². The maximum absolute atomic E-state index is 12.8. The summed E-state index contributed by atoms with van der Waals surface area (Å²) in [5.74, 6) is 0.319. The maximum atomic E-state index is 12.8. The second-order valence-electron chi connectivity index (χ2n) is 6.66. The SMILES string of the molecule is CCCOc1cc(C)ccc1CNC(=O)C1(S(C)(=O)=O)CCNCC1.Cl. The summed E-state index contributed by atoms with van der Waals surface area (Å²) in [7, 11) is -3.51. The van der Waals surface area contributed by atoms with E-state index in [9.17, 15) is 13.2 Å². The average molecular weight is 405 g/mol. The van der Waals surface area contributed by atoms with Gasteiger partial charge in [0.2, 0.25) is 5.91 Å². The average Bonchev–Trinajstić information content (AvgIpc) is 2.58. The summed E-state index contributed by atoms with van der Waals surface area (Å²) in [4.78, 5) is 12.8. The van der Waals surface area contributed by atoms with E-state index in [1.807, 2.05) is 32.0 Å². The van der Waals surface area contributed by atoms with E-state index in [2.05, 4.69) is 10.6 Å². The fourth-order valence-corrected chi connectivity index (χ4v) is 4.44. The first-order valence-electron chi connectivity index (χ1n) is 8.71. The van der Waals surface area contributed by atoms with Crippen LogP contribution in [0.4, 0.5) is 0 Å². The van der Waals surface area contributed by atoms with Gasteiger partial charge in [0, 0.05) is 18.4 Å². The fraction of sp³-hybridized carbons (Fsp3) is 0.611. The molecular weight excluding hydrogens is 376 g/mol. The molecule has 0 bridgehead atoms. The Morgan fingerprint density at radius 1 is 1.31 bits per heavy atom. The van der Waals surface area contributed by atoms with E-state index in [1.54, 1.807) is 0 Å². The molecule has 0 aromatic heterocycles. The number of rotatable bonds is 7. The van der Waals surface area contributed by atoms with Crippen molar-refractivity contribution < 1.29 is 17.9 Å². The molecule has 0 spiro atoms. The Hall–Kier alpha value is -1.31. The number of hydrogen-bond donors (Lipinski definition) is 2. The van der Waals surface area contributed by atoms with Gasteiger partial charge in [-0.15, -0.1) is 12.4 Å². The second-order valence-corrected chi connectivity index (χ2v) is 8.98. The van der Waals surface area contributed by atoms with Gasteiger partial charge >= 0.3 is 0 Å². The van der Waals surface area contributed by atoms with Crippen LogP contribution in [0.2, 0.25) is 0 Å². The topological polar surface area (TPSA) is 84.5 Å². The third-order valence-corrected chi connectivity index (χ3v) is 6.67. The number of piperidine rings is 1. The minimum Gasteiger partial charge on any atom is -0.493 e. The van der Waals surface area contributed by atoms with Crippen molar-refractivity contribution in [2.24, 2.45) is 0 Å². The molecule has 1 amide bonds. The zero-order valence-electron chi connectivity index (χ0n) is 15.6. The number of halogens is 1. The molecule has 148 valence electrons. The molecule has 2 N–H and O–H groups in total. The molecule has 1 heterocycles.